The molecule has 1 atom stereocenters. The van der Waals surface area contributed by atoms with Crippen molar-refractivity contribution < 1.29 is 7.65 Å². The van der Waals surface area contributed by atoms with Crippen molar-refractivity contribution >= 4 is 34.4 Å². The first-order chi connectivity index (χ1) is 13.0. The van der Waals surface area contributed by atoms with Crippen molar-refractivity contribution in [2.45, 2.75) is 33.2 Å². The average molecular weight is 391 g/mol. The molecule has 3 rings (SSSR count). The monoisotopic (exact) mass is 390 g/mol. The van der Waals surface area contributed by atoms with Gasteiger partial charge in [0, 0.05) is 38.9 Å². The summed E-state index contributed by atoms with van der Waals surface area (Å²) in [6.45, 7) is 6.68. The molecule has 0 saturated carbocycles. The van der Waals surface area contributed by atoms with Crippen LogP contribution in [0.3, 0.4) is 0 Å². The normalized spacial score (nSPS) is 12.3. The fourth-order valence-electron chi connectivity index (χ4n) is 2.78. The maximum absolute atomic E-state index is 12.4. The molecule has 3 N–H and O–H groups in total. The van der Waals surface area contributed by atoms with E-state index in [-0.39, 0.29) is 20.7 Å². The van der Waals surface area contributed by atoms with Gasteiger partial charge in [0.25, 0.3) is 0 Å². The topological polar surface area (TPSA) is 95.6 Å². The van der Waals surface area contributed by atoms with E-state index in [1.807, 2.05) is 26.8 Å². The van der Waals surface area contributed by atoms with Crippen LogP contribution in [-0.2, 0) is 4.79 Å². The summed E-state index contributed by atoms with van der Waals surface area (Å²) in [5.41, 5.74) is 1.52. The van der Waals surface area contributed by atoms with Crippen LogP contribution in [0.1, 0.15) is 30.0 Å². The first kappa shape index (κ1) is 19.1. The van der Waals surface area contributed by atoms with Crippen LogP contribution in [-0.4, -0.2) is 38.4 Å². The maximum atomic E-state index is 12.4. The van der Waals surface area contributed by atoms with E-state index in [4.69, 9.17) is 11.6 Å². The summed E-state index contributed by atoms with van der Waals surface area (Å²) in [7, 11) is 0. The number of rotatable bonds is 7. The number of nitrogens with zero attached hydrogens (tertiary/aromatic N) is 3. The molecule has 0 unspecified atom stereocenters. The zero-order valence-corrected chi connectivity index (χ0v) is 16.3. The van der Waals surface area contributed by atoms with Crippen molar-refractivity contribution in [3.63, 3.8) is 0 Å². The molecular weight excluding hydrogens is 364 g/mol. The van der Waals surface area contributed by atoms with Crippen LogP contribution in [0.15, 0.2) is 30.7 Å². The Morgan fingerprint density at radius 1 is 1.37 bits per heavy atom. The molecule has 0 aromatic carbocycles. The summed E-state index contributed by atoms with van der Waals surface area (Å²) in [4.78, 5) is 28.7. The summed E-state index contributed by atoms with van der Waals surface area (Å²) in [5.74, 6) is 1.20. The van der Waals surface area contributed by atoms with Gasteiger partial charge in [-0.25, -0.2) is 15.0 Å². The summed E-state index contributed by atoms with van der Waals surface area (Å²) >= 11 is 6.07. The van der Waals surface area contributed by atoms with Gasteiger partial charge in [-0.3, -0.25) is 4.79 Å². The van der Waals surface area contributed by atoms with Gasteiger partial charge in [0.15, 0.2) is 5.82 Å². The SMILES string of the molecule is CCCNC(=O)[C@H](Nc1ccnc(-c2c[nH]c3ncc(Cl)cc23)n1)C(C)C.[HH].[HH]. The number of fused-ring (bicyclic) bond motifs is 1. The second-order valence-corrected chi connectivity index (χ2v) is 7.11. The quantitative estimate of drug-likeness (QED) is 0.563. The van der Waals surface area contributed by atoms with Crippen molar-refractivity contribution in [2.75, 3.05) is 11.9 Å². The maximum Gasteiger partial charge on any atom is 0.242 e. The standard InChI is InChI=1S/C19H23ClN6O.2H2/c1-4-6-22-19(27)16(11(2)3)25-15-5-7-21-18(26-15)14-10-24-17-13(14)8-12(20)9-23-17;;/h5,7-11,16H,4,6H2,1-3H3,(H,22,27)(H,23,24)(H,21,25,26);2*1H/t16-;;/m1../s1. The summed E-state index contributed by atoms with van der Waals surface area (Å²) in [5, 5.41) is 7.56. The third-order valence-corrected chi connectivity index (χ3v) is 4.40. The molecule has 0 bridgehead atoms. The molecule has 27 heavy (non-hydrogen) atoms. The van der Waals surface area contributed by atoms with Crippen molar-refractivity contribution in [2.24, 2.45) is 5.92 Å². The van der Waals surface area contributed by atoms with E-state index in [1.54, 1.807) is 24.7 Å². The van der Waals surface area contributed by atoms with Crippen molar-refractivity contribution in [3.05, 3.63) is 35.7 Å². The van der Waals surface area contributed by atoms with Crippen molar-refractivity contribution in [3.8, 4) is 11.4 Å². The number of hydrogen-bond donors (Lipinski definition) is 3. The molecule has 3 heterocycles. The van der Waals surface area contributed by atoms with Crippen LogP contribution in [0.2, 0.25) is 5.02 Å². The van der Waals surface area contributed by atoms with Crippen molar-refractivity contribution in [1.82, 2.24) is 25.3 Å². The largest absolute Gasteiger partial charge is 0.358 e. The van der Waals surface area contributed by atoms with Gasteiger partial charge in [-0.2, -0.15) is 0 Å². The predicted octanol–water partition coefficient (Wildman–Crippen LogP) is 4.13. The highest BCUT2D eigenvalue weighted by Gasteiger charge is 2.22. The minimum atomic E-state index is -0.376. The Kier molecular flexibility index (Phi) is 5.91. The number of nitrogens with one attached hydrogen (secondary N) is 3. The van der Waals surface area contributed by atoms with E-state index < -0.39 is 0 Å². The summed E-state index contributed by atoms with van der Waals surface area (Å²) < 4.78 is 0. The lowest BCUT2D eigenvalue weighted by molar-refractivity contribution is -0.122. The van der Waals surface area contributed by atoms with Crippen LogP contribution in [0.5, 0.6) is 0 Å². The fourth-order valence-corrected chi connectivity index (χ4v) is 2.94. The van der Waals surface area contributed by atoms with Gasteiger partial charge in [0.1, 0.15) is 17.5 Å². The van der Waals surface area contributed by atoms with E-state index >= 15 is 0 Å². The zero-order valence-electron chi connectivity index (χ0n) is 15.6. The number of aromatic nitrogens is 4. The molecule has 3 aromatic heterocycles. The van der Waals surface area contributed by atoms with Gasteiger partial charge >= 0.3 is 0 Å². The molecule has 8 heteroatoms. The van der Waals surface area contributed by atoms with Gasteiger partial charge < -0.3 is 15.6 Å². The van der Waals surface area contributed by atoms with Gasteiger partial charge in [0.2, 0.25) is 5.91 Å². The number of pyridine rings is 1. The third-order valence-electron chi connectivity index (χ3n) is 4.20. The molecule has 0 spiro atoms. The van der Waals surface area contributed by atoms with Crippen LogP contribution in [0.25, 0.3) is 22.4 Å². The smallest absolute Gasteiger partial charge is 0.242 e. The number of carbonyl (C=O) groups excluding carboxylic acids is 1. The van der Waals surface area contributed by atoms with Crippen LogP contribution < -0.4 is 10.6 Å². The molecule has 146 valence electrons. The second kappa shape index (κ2) is 8.35. The number of carbonyl (C=O) groups is 1. The van der Waals surface area contributed by atoms with Gasteiger partial charge in [-0.15, -0.1) is 0 Å². The fraction of sp³-hybridized carbons (Fsp3) is 0.368. The Labute approximate surface area is 165 Å². The highest BCUT2D eigenvalue weighted by molar-refractivity contribution is 6.31. The first-order valence-corrected chi connectivity index (χ1v) is 9.37. The molecule has 0 aliphatic carbocycles. The van der Waals surface area contributed by atoms with Crippen molar-refractivity contribution in [1.29, 1.82) is 0 Å². The number of anilines is 1. The molecule has 0 aliphatic rings. The zero-order chi connectivity index (χ0) is 19.4. The van der Waals surface area contributed by atoms with Crippen LogP contribution in [0.4, 0.5) is 5.82 Å². The molecule has 0 saturated heterocycles. The molecule has 0 aliphatic heterocycles. The Balaban J connectivity index is 0.00000210. The second-order valence-electron chi connectivity index (χ2n) is 6.67. The Hall–Kier alpha value is -2.67. The molecule has 3 aromatic rings. The van der Waals surface area contributed by atoms with E-state index in [1.165, 1.54) is 0 Å². The van der Waals surface area contributed by atoms with E-state index in [0.29, 0.717) is 23.2 Å². The lowest BCUT2D eigenvalue weighted by atomic mass is 10.0. The van der Waals surface area contributed by atoms with Crippen LogP contribution in [0, 0.1) is 5.92 Å². The molecule has 7 nitrogen and oxygen atoms in total. The van der Waals surface area contributed by atoms with Crippen LogP contribution >= 0.6 is 11.6 Å². The van der Waals surface area contributed by atoms with E-state index in [9.17, 15) is 4.79 Å². The van der Waals surface area contributed by atoms with Gasteiger partial charge in [-0.05, 0) is 24.5 Å². The minimum absolute atomic E-state index is 0. The number of aromatic amines is 1. The summed E-state index contributed by atoms with van der Waals surface area (Å²) in [6.07, 6.45) is 5.96. The average Bonchev–Trinajstić information content (AvgIpc) is 3.07. The van der Waals surface area contributed by atoms with Gasteiger partial charge in [0.05, 0.1) is 5.02 Å². The Morgan fingerprint density at radius 2 is 2.19 bits per heavy atom. The Bertz CT molecular complexity index is 949. The van der Waals surface area contributed by atoms with Gasteiger partial charge in [-0.1, -0.05) is 32.4 Å². The third kappa shape index (κ3) is 4.36. The Morgan fingerprint density at radius 3 is 2.93 bits per heavy atom. The van der Waals surface area contributed by atoms with E-state index in [0.717, 1.165) is 23.0 Å². The number of H-pyrrole nitrogens is 1. The van der Waals surface area contributed by atoms with E-state index in [2.05, 4.69) is 30.6 Å². The first-order valence-electron chi connectivity index (χ1n) is 9.00. The molecule has 0 radical (unpaired) electrons. The lowest BCUT2D eigenvalue weighted by Crippen LogP contribution is -2.43. The summed E-state index contributed by atoms with van der Waals surface area (Å²) in [6, 6.07) is 3.21. The highest BCUT2D eigenvalue weighted by atomic mass is 35.5. The number of halogens is 1. The molecular formula is C19H27ClN6O. The highest BCUT2D eigenvalue weighted by Crippen LogP contribution is 2.27. The number of hydrogen-bond acceptors (Lipinski definition) is 5. The minimum Gasteiger partial charge on any atom is -0.358 e. The molecule has 1 amide bonds. The molecule has 0 fully saturated rings. The lowest BCUT2D eigenvalue weighted by Gasteiger charge is -2.22. The number of amides is 1. The predicted molar refractivity (Wildman–Crippen MR) is 112 cm³/mol.